The molecule has 0 bridgehead atoms. The molecule has 4 heteroatoms. The lowest BCUT2D eigenvalue weighted by molar-refractivity contribution is -0.140. The molecule has 1 aromatic carbocycles. The first-order valence-corrected chi connectivity index (χ1v) is 5.03. The van der Waals surface area contributed by atoms with Gasteiger partial charge in [0.15, 0.2) is 0 Å². The molecule has 0 heterocycles. The summed E-state index contributed by atoms with van der Waals surface area (Å²) in [7, 11) is 1.39. The summed E-state index contributed by atoms with van der Waals surface area (Å²) in [6.07, 6.45) is 1.03. The minimum Gasteiger partial charge on any atom is -0.469 e. The molecule has 2 N–H and O–H groups in total. The molecule has 0 aliphatic carbocycles. The number of hydrogen-bond acceptors (Lipinski definition) is 3. The molecular formula is C10H12BrNO2. The predicted molar refractivity (Wildman–Crippen MR) is 58.9 cm³/mol. The van der Waals surface area contributed by atoms with Gasteiger partial charge in [0.25, 0.3) is 0 Å². The Balaban J connectivity index is 2.63. The van der Waals surface area contributed by atoms with Crippen LogP contribution in [0.4, 0.5) is 5.69 Å². The van der Waals surface area contributed by atoms with E-state index in [1.54, 1.807) is 0 Å². The zero-order valence-electron chi connectivity index (χ0n) is 7.92. The molecule has 0 fully saturated rings. The van der Waals surface area contributed by atoms with Crippen LogP contribution in [0.5, 0.6) is 0 Å². The number of methoxy groups -OCH3 is 1. The Morgan fingerprint density at radius 1 is 1.50 bits per heavy atom. The molecule has 0 atom stereocenters. The van der Waals surface area contributed by atoms with E-state index in [1.807, 2.05) is 18.2 Å². The lowest BCUT2D eigenvalue weighted by Gasteiger charge is -2.03. The number of nitrogens with two attached hydrogens (primary N) is 1. The fraction of sp³-hybridized carbons (Fsp3) is 0.300. The summed E-state index contributed by atoms with van der Waals surface area (Å²) in [4.78, 5) is 10.9. The van der Waals surface area contributed by atoms with Crippen molar-refractivity contribution in [3.8, 4) is 0 Å². The lowest BCUT2D eigenvalue weighted by atomic mass is 10.1. The third-order valence-corrected chi connectivity index (χ3v) is 2.28. The number of carbonyl (C=O) groups is 1. The van der Waals surface area contributed by atoms with Crippen LogP contribution in [0.25, 0.3) is 0 Å². The number of carbonyl (C=O) groups excluding carboxylic acids is 1. The Morgan fingerprint density at radius 3 is 2.79 bits per heavy atom. The number of hydrogen-bond donors (Lipinski definition) is 1. The van der Waals surface area contributed by atoms with Gasteiger partial charge in [0, 0.05) is 16.6 Å². The van der Waals surface area contributed by atoms with E-state index in [0.717, 1.165) is 10.0 Å². The van der Waals surface area contributed by atoms with Gasteiger partial charge in [-0.3, -0.25) is 4.79 Å². The van der Waals surface area contributed by atoms with Gasteiger partial charge in [-0.25, -0.2) is 0 Å². The zero-order valence-corrected chi connectivity index (χ0v) is 9.50. The molecule has 0 radical (unpaired) electrons. The smallest absolute Gasteiger partial charge is 0.305 e. The lowest BCUT2D eigenvalue weighted by Crippen LogP contribution is -2.02. The van der Waals surface area contributed by atoms with Gasteiger partial charge >= 0.3 is 5.97 Å². The normalized spacial score (nSPS) is 9.86. The number of aryl methyl sites for hydroxylation is 1. The zero-order chi connectivity index (χ0) is 10.6. The maximum atomic E-state index is 10.9. The average molecular weight is 258 g/mol. The van der Waals surface area contributed by atoms with Crippen LogP contribution in [-0.2, 0) is 16.0 Å². The summed E-state index contributed by atoms with van der Waals surface area (Å²) < 4.78 is 5.48. The van der Waals surface area contributed by atoms with E-state index in [2.05, 4.69) is 20.7 Å². The van der Waals surface area contributed by atoms with Gasteiger partial charge in [-0.15, -0.1) is 0 Å². The summed E-state index contributed by atoms with van der Waals surface area (Å²) in [6, 6.07) is 5.62. The Morgan fingerprint density at radius 2 is 2.21 bits per heavy atom. The number of anilines is 1. The van der Waals surface area contributed by atoms with Crippen molar-refractivity contribution in [2.45, 2.75) is 12.8 Å². The van der Waals surface area contributed by atoms with E-state index in [-0.39, 0.29) is 5.97 Å². The quantitative estimate of drug-likeness (QED) is 0.667. The number of esters is 1. The minimum atomic E-state index is -0.205. The first kappa shape index (κ1) is 11.0. The third kappa shape index (κ3) is 3.38. The molecule has 3 nitrogen and oxygen atoms in total. The molecule has 0 aromatic heterocycles. The summed E-state index contributed by atoms with van der Waals surface area (Å²) in [5.74, 6) is -0.205. The second-order valence-electron chi connectivity index (χ2n) is 2.97. The van der Waals surface area contributed by atoms with Crippen LogP contribution in [0.2, 0.25) is 0 Å². The van der Waals surface area contributed by atoms with Crippen molar-refractivity contribution in [2.75, 3.05) is 12.8 Å². The van der Waals surface area contributed by atoms with Crippen molar-refractivity contribution < 1.29 is 9.53 Å². The van der Waals surface area contributed by atoms with E-state index in [1.165, 1.54) is 7.11 Å². The number of nitrogen functional groups attached to an aromatic ring is 1. The Labute approximate surface area is 91.4 Å². The largest absolute Gasteiger partial charge is 0.469 e. The third-order valence-electron chi connectivity index (χ3n) is 1.83. The summed E-state index contributed by atoms with van der Waals surface area (Å²) in [5.41, 5.74) is 7.38. The molecule has 0 aliphatic heterocycles. The first-order chi connectivity index (χ1) is 6.61. The molecule has 1 rings (SSSR count). The van der Waals surface area contributed by atoms with Gasteiger partial charge in [-0.2, -0.15) is 0 Å². The van der Waals surface area contributed by atoms with Gasteiger partial charge in [-0.05, 0) is 30.2 Å². The molecule has 0 amide bonds. The second kappa shape index (κ2) is 5.00. The fourth-order valence-corrected chi connectivity index (χ4v) is 1.73. The van der Waals surface area contributed by atoms with Gasteiger partial charge in [-0.1, -0.05) is 15.9 Å². The van der Waals surface area contributed by atoms with Gasteiger partial charge in [0.05, 0.1) is 7.11 Å². The van der Waals surface area contributed by atoms with Crippen LogP contribution in [0.3, 0.4) is 0 Å². The van der Waals surface area contributed by atoms with E-state index in [0.29, 0.717) is 18.5 Å². The molecule has 14 heavy (non-hydrogen) atoms. The van der Waals surface area contributed by atoms with Crippen molar-refractivity contribution in [1.29, 1.82) is 0 Å². The standard InChI is InChI=1S/C10H12BrNO2/c1-14-10(13)3-2-7-4-8(11)6-9(12)5-7/h4-6H,2-3,12H2,1H3. The Hall–Kier alpha value is -1.03. The number of benzene rings is 1. The van der Waals surface area contributed by atoms with E-state index in [4.69, 9.17) is 5.73 Å². The van der Waals surface area contributed by atoms with Gasteiger partial charge in [0.1, 0.15) is 0 Å². The maximum Gasteiger partial charge on any atom is 0.305 e. The summed E-state index contributed by atoms with van der Waals surface area (Å²) in [6.45, 7) is 0. The molecule has 1 aromatic rings. The fourth-order valence-electron chi connectivity index (χ4n) is 1.17. The van der Waals surface area contributed by atoms with Gasteiger partial charge in [0.2, 0.25) is 0 Å². The van der Waals surface area contributed by atoms with Crippen molar-refractivity contribution >= 4 is 27.6 Å². The number of ether oxygens (including phenoxy) is 1. The molecule has 0 aliphatic rings. The van der Waals surface area contributed by atoms with Crippen LogP contribution in [0.1, 0.15) is 12.0 Å². The van der Waals surface area contributed by atoms with Crippen LogP contribution in [0, 0.1) is 0 Å². The molecular weight excluding hydrogens is 246 g/mol. The van der Waals surface area contributed by atoms with Crippen molar-refractivity contribution in [1.82, 2.24) is 0 Å². The molecule has 0 saturated heterocycles. The summed E-state index contributed by atoms with van der Waals surface area (Å²) >= 11 is 3.34. The second-order valence-corrected chi connectivity index (χ2v) is 3.88. The number of halogens is 1. The highest BCUT2D eigenvalue weighted by atomic mass is 79.9. The SMILES string of the molecule is COC(=O)CCc1cc(N)cc(Br)c1. The minimum absolute atomic E-state index is 0.205. The predicted octanol–water partition coefficient (Wildman–Crippen LogP) is 2.14. The maximum absolute atomic E-state index is 10.9. The van der Waals surface area contributed by atoms with Crippen LogP contribution < -0.4 is 5.73 Å². The molecule has 0 saturated carbocycles. The summed E-state index contributed by atoms with van der Waals surface area (Å²) in [5, 5.41) is 0. The monoisotopic (exact) mass is 257 g/mol. The van der Waals surface area contributed by atoms with Gasteiger partial charge < -0.3 is 10.5 Å². The van der Waals surface area contributed by atoms with Crippen LogP contribution >= 0.6 is 15.9 Å². The first-order valence-electron chi connectivity index (χ1n) is 4.23. The van der Waals surface area contributed by atoms with E-state index >= 15 is 0 Å². The van der Waals surface area contributed by atoms with Crippen LogP contribution in [0.15, 0.2) is 22.7 Å². The average Bonchev–Trinajstić information content (AvgIpc) is 2.12. The van der Waals surface area contributed by atoms with E-state index in [9.17, 15) is 4.79 Å². The van der Waals surface area contributed by atoms with Crippen molar-refractivity contribution in [3.05, 3.63) is 28.2 Å². The topological polar surface area (TPSA) is 52.3 Å². The molecule has 0 unspecified atom stereocenters. The highest BCUT2D eigenvalue weighted by Crippen LogP contribution is 2.18. The Bertz CT molecular complexity index is 319. The Kier molecular flexibility index (Phi) is 3.95. The van der Waals surface area contributed by atoms with Crippen LogP contribution in [-0.4, -0.2) is 13.1 Å². The number of rotatable bonds is 3. The molecule has 0 spiro atoms. The van der Waals surface area contributed by atoms with Crippen molar-refractivity contribution in [3.63, 3.8) is 0 Å². The van der Waals surface area contributed by atoms with E-state index < -0.39 is 0 Å². The van der Waals surface area contributed by atoms with Crippen molar-refractivity contribution in [2.24, 2.45) is 0 Å². The molecule has 76 valence electrons. The highest BCUT2D eigenvalue weighted by Gasteiger charge is 2.02. The highest BCUT2D eigenvalue weighted by molar-refractivity contribution is 9.10.